The van der Waals surface area contributed by atoms with E-state index in [2.05, 4.69) is 20.0 Å². The van der Waals surface area contributed by atoms with Crippen LogP contribution >= 0.6 is 0 Å². The molecule has 0 radical (unpaired) electrons. The molecule has 9 heteroatoms. The molecule has 8 nitrogen and oxygen atoms in total. The van der Waals surface area contributed by atoms with E-state index >= 15 is 0 Å². The Morgan fingerprint density at radius 1 is 1.26 bits per heavy atom. The third-order valence-corrected chi connectivity index (χ3v) is 3.31. The van der Waals surface area contributed by atoms with Crippen molar-refractivity contribution in [2.45, 2.75) is 5.75 Å². The highest BCUT2D eigenvalue weighted by atomic mass is 32.2. The predicted octanol–water partition coefficient (Wildman–Crippen LogP) is 1.24. The Balaban J connectivity index is 2.16. The maximum atomic E-state index is 12.2. The van der Waals surface area contributed by atoms with Crippen molar-refractivity contribution in [3.8, 4) is 0 Å². The average Bonchev–Trinajstić information content (AvgIpc) is 2.54. The van der Waals surface area contributed by atoms with E-state index in [1.54, 1.807) is 18.2 Å². The number of amides is 1. The van der Waals surface area contributed by atoms with Crippen LogP contribution in [0.1, 0.15) is 26.5 Å². The minimum atomic E-state index is -2.05. The van der Waals surface area contributed by atoms with Gasteiger partial charge in [-0.15, -0.1) is 0 Å². The lowest BCUT2D eigenvalue weighted by molar-refractivity contribution is 0.0602. The molecule has 0 saturated carbocycles. The molecule has 120 valence electrons. The highest BCUT2D eigenvalue weighted by Gasteiger charge is 2.15. The Bertz CT molecular complexity index is 748. The summed E-state index contributed by atoms with van der Waals surface area (Å²) < 4.78 is 24.1. The standard InChI is InChI=1S/C14H13N3O5S/c1-22-14(19)10-4-2-3-5-11(10)17-13(18)9-6-15-12(16-7-9)8-23(20)21/h2-7H,8H2,1H3,(H,17,18)(H,20,21). The molecule has 0 fully saturated rings. The highest BCUT2D eigenvalue weighted by Crippen LogP contribution is 2.17. The summed E-state index contributed by atoms with van der Waals surface area (Å²) in [6.45, 7) is 0. The number of ether oxygens (including phenoxy) is 1. The number of para-hydroxylation sites is 1. The molecule has 1 atom stereocenters. The van der Waals surface area contributed by atoms with Crippen LogP contribution in [0.2, 0.25) is 0 Å². The van der Waals surface area contributed by atoms with Crippen molar-refractivity contribution in [3.63, 3.8) is 0 Å². The van der Waals surface area contributed by atoms with E-state index in [0.717, 1.165) is 0 Å². The van der Waals surface area contributed by atoms with Gasteiger partial charge < -0.3 is 14.6 Å². The molecular weight excluding hydrogens is 322 g/mol. The SMILES string of the molecule is COC(=O)c1ccccc1NC(=O)c1cnc(CS(=O)O)nc1. The molecule has 0 aliphatic carbocycles. The second-order valence-corrected chi connectivity index (χ2v) is 5.28. The van der Waals surface area contributed by atoms with Crippen molar-refractivity contribution in [3.05, 3.63) is 53.6 Å². The van der Waals surface area contributed by atoms with Gasteiger partial charge in [-0.2, -0.15) is 0 Å². The molecule has 0 aliphatic heterocycles. The van der Waals surface area contributed by atoms with Gasteiger partial charge in [0.1, 0.15) is 11.6 Å². The Morgan fingerprint density at radius 2 is 1.91 bits per heavy atom. The number of esters is 1. The van der Waals surface area contributed by atoms with Gasteiger partial charge in [-0.05, 0) is 12.1 Å². The number of carbonyl (C=O) groups excluding carboxylic acids is 2. The molecule has 1 heterocycles. The fraction of sp³-hybridized carbons (Fsp3) is 0.143. The lowest BCUT2D eigenvalue weighted by atomic mass is 10.1. The Kier molecular flexibility index (Phi) is 5.50. The number of rotatable bonds is 5. The first-order valence-corrected chi connectivity index (χ1v) is 7.66. The molecule has 0 spiro atoms. The van der Waals surface area contributed by atoms with Crippen LogP contribution in [0.5, 0.6) is 0 Å². The number of aromatic nitrogens is 2. The van der Waals surface area contributed by atoms with Crippen LogP contribution in [-0.4, -0.2) is 37.7 Å². The first kappa shape index (κ1) is 16.7. The topological polar surface area (TPSA) is 118 Å². The van der Waals surface area contributed by atoms with Crippen LogP contribution in [0.4, 0.5) is 5.69 Å². The van der Waals surface area contributed by atoms with E-state index in [4.69, 9.17) is 4.55 Å². The summed E-state index contributed by atoms with van der Waals surface area (Å²) in [6.07, 6.45) is 2.48. The molecule has 2 aromatic rings. The van der Waals surface area contributed by atoms with Crippen molar-refractivity contribution in [1.29, 1.82) is 0 Å². The molecule has 1 unspecified atom stereocenters. The summed E-state index contributed by atoms with van der Waals surface area (Å²) in [7, 11) is 1.25. The summed E-state index contributed by atoms with van der Waals surface area (Å²) in [4.78, 5) is 31.5. The number of nitrogens with one attached hydrogen (secondary N) is 1. The Morgan fingerprint density at radius 3 is 2.52 bits per heavy atom. The smallest absolute Gasteiger partial charge is 0.339 e. The molecule has 1 aromatic heterocycles. The van der Waals surface area contributed by atoms with Crippen LogP contribution in [-0.2, 0) is 21.6 Å². The Labute approximate surface area is 134 Å². The van der Waals surface area contributed by atoms with Gasteiger partial charge >= 0.3 is 5.97 Å². The monoisotopic (exact) mass is 335 g/mol. The second kappa shape index (κ2) is 7.56. The zero-order valence-electron chi connectivity index (χ0n) is 12.1. The van der Waals surface area contributed by atoms with Crippen molar-refractivity contribution in [1.82, 2.24) is 9.97 Å². The largest absolute Gasteiger partial charge is 0.465 e. The summed E-state index contributed by atoms with van der Waals surface area (Å²) in [5, 5.41) is 2.57. The van der Waals surface area contributed by atoms with Gasteiger partial charge in [0.2, 0.25) is 0 Å². The number of carbonyl (C=O) groups is 2. The molecule has 0 saturated heterocycles. The lowest BCUT2D eigenvalue weighted by Gasteiger charge is -2.09. The number of hydrogen-bond acceptors (Lipinski definition) is 6. The van der Waals surface area contributed by atoms with Crippen LogP contribution in [0.15, 0.2) is 36.7 Å². The number of nitrogens with zero attached hydrogens (tertiary/aromatic N) is 2. The van der Waals surface area contributed by atoms with Gasteiger partial charge in [0.25, 0.3) is 5.91 Å². The van der Waals surface area contributed by atoms with E-state index < -0.39 is 23.0 Å². The quantitative estimate of drug-likeness (QED) is 0.623. The molecule has 2 rings (SSSR count). The van der Waals surface area contributed by atoms with Gasteiger partial charge in [-0.3, -0.25) is 4.79 Å². The number of hydrogen-bond donors (Lipinski definition) is 2. The van der Waals surface area contributed by atoms with Crippen LogP contribution in [0, 0.1) is 0 Å². The summed E-state index contributed by atoms with van der Waals surface area (Å²) in [5.41, 5.74) is 0.665. The predicted molar refractivity (Wildman–Crippen MR) is 82.2 cm³/mol. The maximum Gasteiger partial charge on any atom is 0.339 e. The molecule has 1 amide bonds. The van der Waals surface area contributed by atoms with Crippen molar-refractivity contribution in [2.24, 2.45) is 0 Å². The highest BCUT2D eigenvalue weighted by molar-refractivity contribution is 7.78. The molecule has 1 aromatic carbocycles. The average molecular weight is 335 g/mol. The summed E-state index contributed by atoms with van der Waals surface area (Å²) in [6, 6.07) is 6.40. The number of benzene rings is 1. The fourth-order valence-electron chi connectivity index (χ4n) is 1.73. The van der Waals surface area contributed by atoms with E-state index in [1.807, 2.05) is 0 Å². The van der Waals surface area contributed by atoms with Gasteiger partial charge in [0, 0.05) is 12.4 Å². The first-order chi connectivity index (χ1) is 11.0. The van der Waals surface area contributed by atoms with Gasteiger partial charge in [0.15, 0.2) is 11.1 Å². The molecule has 23 heavy (non-hydrogen) atoms. The van der Waals surface area contributed by atoms with Gasteiger partial charge in [0.05, 0.1) is 23.9 Å². The third kappa shape index (κ3) is 4.41. The van der Waals surface area contributed by atoms with Crippen LogP contribution in [0.3, 0.4) is 0 Å². The molecular formula is C14H13N3O5S. The Hall–Kier alpha value is -2.65. The normalized spacial score (nSPS) is 11.6. The number of methoxy groups -OCH3 is 1. The van der Waals surface area contributed by atoms with E-state index in [0.29, 0.717) is 5.69 Å². The van der Waals surface area contributed by atoms with Gasteiger partial charge in [-0.25, -0.2) is 19.0 Å². The van der Waals surface area contributed by atoms with Crippen molar-refractivity contribution in [2.75, 3.05) is 12.4 Å². The van der Waals surface area contributed by atoms with Crippen molar-refractivity contribution < 1.29 is 23.1 Å². The molecule has 2 N–H and O–H groups in total. The van der Waals surface area contributed by atoms with Crippen LogP contribution in [0.25, 0.3) is 0 Å². The maximum absolute atomic E-state index is 12.2. The summed E-state index contributed by atoms with van der Waals surface area (Å²) in [5.74, 6) is -1.15. The zero-order valence-corrected chi connectivity index (χ0v) is 12.9. The van der Waals surface area contributed by atoms with E-state index in [9.17, 15) is 13.8 Å². The molecule has 0 aliphatic rings. The van der Waals surface area contributed by atoms with Gasteiger partial charge in [-0.1, -0.05) is 12.1 Å². The molecule has 0 bridgehead atoms. The zero-order chi connectivity index (χ0) is 16.8. The first-order valence-electron chi connectivity index (χ1n) is 6.38. The second-order valence-electron chi connectivity index (χ2n) is 4.35. The fourth-order valence-corrected chi connectivity index (χ4v) is 2.10. The van der Waals surface area contributed by atoms with Crippen LogP contribution < -0.4 is 5.32 Å². The minimum Gasteiger partial charge on any atom is -0.465 e. The lowest BCUT2D eigenvalue weighted by Crippen LogP contribution is -2.16. The number of anilines is 1. The minimum absolute atomic E-state index is 0.150. The van der Waals surface area contributed by atoms with E-state index in [-0.39, 0.29) is 22.7 Å². The van der Waals surface area contributed by atoms with E-state index in [1.165, 1.54) is 25.6 Å². The van der Waals surface area contributed by atoms with Crippen molar-refractivity contribution >= 4 is 28.6 Å². The third-order valence-electron chi connectivity index (χ3n) is 2.80. The summed E-state index contributed by atoms with van der Waals surface area (Å²) >= 11 is -2.05.